The molecule has 1 aliphatic rings. The van der Waals surface area contributed by atoms with Crippen LogP contribution in [0, 0.1) is 6.92 Å². The van der Waals surface area contributed by atoms with Crippen molar-refractivity contribution in [3.8, 4) is 11.3 Å². The zero-order valence-electron chi connectivity index (χ0n) is 23.2. The van der Waals surface area contributed by atoms with Crippen LogP contribution in [0.15, 0.2) is 98.7 Å². The first kappa shape index (κ1) is 27.1. The third-order valence-electron chi connectivity index (χ3n) is 7.37. The van der Waals surface area contributed by atoms with Gasteiger partial charge in [0.25, 0.3) is 5.56 Å². The van der Waals surface area contributed by atoms with Crippen LogP contribution in [0.4, 0.5) is 0 Å². The number of benzene rings is 3. The number of esters is 1. The topological polar surface area (TPSA) is 76.4 Å². The largest absolute Gasteiger partial charge is 0.463 e. The Labute approximate surface area is 245 Å². The zero-order valence-corrected chi connectivity index (χ0v) is 24.9. The molecule has 3 aromatic carbocycles. The van der Waals surface area contributed by atoms with E-state index >= 15 is 0 Å². The van der Waals surface area contributed by atoms with Gasteiger partial charge in [-0.2, -0.15) is 0 Å². The molecule has 6 nitrogen and oxygen atoms in total. The molecule has 8 heteroatoms. The lowest BCUT2D eigenvalue weighted by molar-refractivity contribution is -0.139. The fraction of sp³-hybridized carbons (Fsp3) is 0.182. The first-order chi connectivity index (χ1) is 19.9. The molecule has 5 aromatic rings. The molecule has 0 unspecified atom stereocenters. The predicted octanol–water partition coefficient (Wildman–Crippen LogP) is 5.98. The van der Waals surface area contributed by atoms with Crippen LogP contribution in [0.25, 0.3) is 28.2 Å². The molecule has 41 heavy (non-hydrogen) atoms. The van der Waals surface area contributed by atoms with Gasteiger partial charge in [0, 0.05) is 21.4 Å². The summed E-state index contributed by atoms with van der Waals surface area (Å²) in [6.07, 6.45) is 3.98. The van der Waals surface area contributed by atoms with Crippen LogP contribution >= 0.6 is 23.1 Å². The van der Waals surface area contributed by atoms with Crippen LogP contribution in [0.2, 0.25) is 0 Å². The van der Waals surface area contributed by atoms with Gasteiger partial charge in [0.2, 0.25) is 0 Å². The number of para-hydroxylation sites is 1. The normalized spacial score (nSPS) is 15.2. The molecular weight excluding hydrogens is 551 g/mol. The summed E-state index contributed by atoms with van der Waals surface area (Å²) in [5.74, 6) is -0.458. The van der Waals surface area contributed by atoms with Gasteiger partial charge in [-0.05, 0) is 61.9 Å². The number of fused-ring (bicyclic) bond motifs is 2. The molecule has 3 heterocycles. The van der Waals surface area contributed by atoms with Crippen LogP contribution in [0.3, 0.4) is 0 Å². The Morgan fingerprint density at radius 3 is 2.54 bits per heavy atom. The molecule has 1 aliphatic heterocycles. The second-order valence-electron chi connectivity index (χ2n) is 9.85. The molecule has 1 atom stereocenters. The summed E-state index contributed by atoms with van der Waals surface area (Å²) in [4.78, 5) is 37.4. The lowest BCUT2D eigenvalue weighted by atomic mass is 9.96. The van der Waals surface area contributed by atoms with Gasteiger partial charge in [0.15, 0.2) is 4.80 Å². The van der Waals surface area contributed by atoms with Gasteiger partial charge in [-0.3, -0.25) is 9.36 Å². The number of hydrogen-bond donors (Lipinski definition) is 1. The summed E-state index contributed by atoms with van der Waals surface area (Å²) in [7, 11) is 0. The van der Waals surface area contributed by atoms with E-state index in [1.165, 1.54) is 11.3 Å². The van der Waals surface area contributed by atoms with Crippen LogP contribution in [-0.2, 0) is 9.53 Å². The van der Waals surface area contributed by atoms with Crippen molar-refractivity contribution >= 4 is 46.0 Å². The van der Waals surface area contributed by atoms with E-state index in [-0.39, 0.29) is 12.2 Å². The van der Waals surface area contributed by atoms with Gasteiger partial charge >= 0.3 is 5.97 Å². The number of aryl methyl sites for hydroxylation is 1. The van der Waals surface area contributed by atoms with E-state index in [0.29, 0.717) is 20.6 Å². The number of hydrogen-bond acceptors (Lipinski definition) is 6. The van der Waals surface area contributed by atoms with E-state index < -0.39 is 12.0 Å². The molecule has 0 fully saturated rings. The van der Waals surface area contributed by atoms with Crippen molar-refractivity contribution in [3.63, 3.8) is 0 Å². The van der Waals surface area contributed by atoms with Gasteiger partial charge in [0.1, 0.15) is 0 Å². The van der Waals surface area contributed by atoms with Gasteiger partial charge in [-0.15, -0.1) is 11.8 Å². The number of H-pyrrole nitrogens is 1. The molecule has 1 N–H and O–H groups in total. The summed E-state index contributed by atoms with van der Waals surface area (Å²) in [5.41, 5.74) is 6.69. The number of carbonyl (C=O) groups excluding carboxylic acids is 1. The number of aromatic amines is 1. The Hall–Kier alpha value is -4.14. The predicted molar refractivity (Wildman–Crippen MR) is 167 cm³/mol. The highest BCUT2D eigenvalue weighted by atomic mass is 32.2. The summed E-state index contributed by atoms with van der Waals surface area (Å²) in [6, 6.07) is 23.6. The third kappa shape index (κ3) is 4.77. The first-order valence-corrected chi connectivity index (χ1v) is 15.5. The monoisotopic (exact) mass is 579 g/mol. The van der Waals surface area contributed by atoms with Crippen molar-refractivity contribution in [2.75, 3.05) is 12.9 Å². The molecule has 0 saturated carbocycles. The van der Waals surface area contributed by atoms with E-state index in [1.54, 1.807) is 23.3 Å². The molecule has 0 bridgehead atoms. The number of ether oxygens (including phenoxy) is 1. The number of thiazole rings is 1. The van der Waals surface area contributed by atoms with Crippen molar-refractivity contribution in [3.05, 3.63) is 120 Å². The van der Waals surface area contributed by atoms with E-state index in [1.807, 2.05) is 67.8 Å². The smallest absolute Gasteiger partial charge is 0.338 e. The second kappa shape index (κ2) is 11.0. The number of rotatable bonds is 6. The molecule has 2 aromatic heterocycles. The van der Waals surface area contributed by atoms with Crippen LogP contribution in [0.5, 0.6) is 0 Å². The lowest BCUT2D eigenvalue weighted by Crippen LogP contribution is -2.39. The lowest BCUT2D eigenvalue weighted by Gasteiger charge is -2.24. The Balaban J connectivity index is 1.61. The number of allylic oxidation sites excluding steroid dienone is 1. The van der Waals surface area contributed by atoms with Crippen molar-refractivity contribution < 1.29 is 9.53 Å². The summed E-state index contributed by atoms with van der Waals surface area (Å²) in [5, 5.41) is 1.04. The SMILES string of the molecule is CCOC(=O)C1=C(C)N=c2s/c(=C/c3c(-c4ccccc4)[nH]c4c(C)cccc34)c(=O)n2[C@@H]1c1ccc(SC)cc1. The Morgan fingerprint density at radius 2 is 1.83 bits per heavy atom. The molecule has 206 valence electrons. The summed E-state index contributed by atoms with van der Waals surface area (Å²) < 4.78 is 7.63. The average molecular weight is 580 g/mol. The van der Waals surface area contributed by atoms with E-state index in [4.69, 9.17) is 9.73 Å². The van der Waals surface area contributed by atoms with E-state index in [0.717, 1.165) is 43.7 Å². The van der Waals surface area contributed by atoms with Gasteiger partial charge in [-0.25, -0.2) is 9.79 Å². The molecule has 0 radical (unpaired) electrons. The molecule has 0 saturated heterocycles. The quantitative estimate of drug-likeness (QED) is 0.198. The standard InChI is InChI=1S/C33H29N3O3S2/c1-5-39-32(38)27-20(3)34-33-36(30(27)22-14-16-23(40-4)17-15-22)31(37)26(41-33)18-25-24-13-9-10-19(2)28(24)35-29(25)21-11-7-6-8-12-21/h6-18,30,35H,5H2,1-4H3/b26-18+/t30-/m1/s1. The average Bonchev–Trinajstić information content (AvgIpc) is 3.51. The maximum absolute atomic E-state index is 14.2. The Bertz CT molecular complexity index is 2000. The second-order valence-corrected chi connectivity index (χ2v) is 11.7. The number of carbonyl (C=O) groups is 1. The molecular formula is C33H29N3O3S2. The number of nitrogens with zero attached hydrogens (tertiary/aromatic N) is 2. The molecule has 0 amide bonds. The van der Waals surface area contributed by atoms with E-state index in [9.17, 15) is 9.59 Å². The highest BCUT2D eigenvalue weighted by molar-refractivity contribution is 7.98. The summed E-state index contributed by atoms with van der Waals surface area (Å²) >= 11 is 2.98. The number of thioether (sulfide) groups is 1. The Kier molecular flexibility index (Phi) is 7.28. The van der Waals surface area contributed by atoms with Crippen molar-refractivity contribution in [1.82, 2.24) is 9.55 Å². The summed E-state index contributed by atoms with van der Waals surface area (Å²) in [6.45, 7) is 5.90. The van der Waals surface area contributed by atoms with Crippen molar-refractivity contribution in [2.24, 2.45) is 4.99 Å². The van der Waals surface area contributed by atoms with Gasteiger partial charge < -0.3 is 9.72 Å². The van der Waals surface area contributed by atoms with E-state index in [2.05, 4.69) is 36.2 Å². The molecule has 0 aliphatic carbocycles. The minimum atomic E-state index is -0.637. The Morgan fingerprint density at radius 1 is 1.07 bits per heavy atom. The minimum absolute atomic E-state index is 0.192. The van der Waals surface area contributed by atoms with Crippen LogP contribution in [-0.4, -0.2) is 28.4 Å². The fourth-order valence-electron chi connectivity index (χ4n) is 5.39. The first-order valence-electron chi connectivity index (χ1n) is 13.4. The maximum atomic E-state index is 14.2. The minimum Gasteiger partial charge on any atom is -0.463 e. The third-order valence-corrected chi connectivity index (χ3v) is 9.10. The molecule has 0 spiro atoms. The van der Waals surface area contributed by atoms with Gasteiger partial charge in [-0.1, -0.05) is 72.0 Å². The highest BCUT2D eigenvalue weighted by Gasteiger charge is 2.33. The number of aromatic nitrogens is 2. The van der Waals surface area contributed by atoms with Crippen LogP contribution in [0.1, 0.15) is 36.6 Å². The highest BCUT2D eigenvalue weighted by Crippen LogP contribution is 2.34. The number of nitrogens with one attached hydrogen (secondary N) is 1. The molecule has 6 rings (SSSR count). The van der Waals surface area contributed by atoms with Gasteiger partial charge in [0.05, 0.1) is 34.1 Å². The maximum Gasteiger partial charge on any atom is 0.338 e. The van der Waals surface area contributed by atoms with Crippen molar-refractivity contribution in [1.29, 1.82) is 0 Å². The van der Waals surface area contributed by atoms with Crippen LogP contribution < -0.4 is 14.9 Å². The fourth-order valence-corrected chi connectivity index (χ4v) is 6.83. The zero-order chi connectivity index (χ0) is 28.7. The van der Waals surface area contributed by atoms with Crippen molar-refractivity contribution in [2.45, 2.75) is 31.7 Å².